The lowest BCUT2D eigenvalue weighted by Gasteiger charge is -2.31. The van der Waals surface area contributed by atoms with Crippen LogP contribution in [0.15, 0.2) is 47.9 Å². The highest BCUT2D eigenvalue weighted by atomic mass is 32.2. The second kappa shape index (κ2) is 7.50. The molecule has 0 radical (unpaired) electrons. The molecule has 2 unspecified atom stereocenters. The molecule has 0 aromatic heterocycles. The number of nitrogens with zero attached hydrogens (tertiary/aromatic N) is 1. The maximum Gasteiger partial charge on any atom is 0.236 e. The third kappa shape index (κ3) is 3.87. The first kappa shape index (κ1) is 15.1. The minimum atomic E-state index is -0.118. The maximum atomic E-state index is 12.7. The van der Waals surface area contributed by atoms with Gasteiger partial charge in [0, 0.05) is 18.0 Å². The van der Waals surface area contributed by atoms with Gasteiger partial charge in [-0.05, 0) is 18.1 Å². The van der Waals surface area contributed by atoms with Crippen molar-refractivity contribution in [1.29, 1.82) is 0 Å². The SMILES string of the molecule is C=CC(C)C(Sc1ccccc1)C(=O)N1CCOCC1. The smallest absolute Gasteiger partial charge is 0.236 e. The third-order valence-corrected chi connectivity index (χ3v) is 4.85. The van der Waals surface area contributed by atoms with Crippen LogP contribution in [0, 0.1) is 5.92 Å². The van der Waals surface area contributed by atoms with Gasteiger partial charge in [0.1, 0.15) is 0 Å². The number of allylic oxidation sites excluding steroid dienone is 1. The average Bonchev–Trinajstić information content (AvgIpc) is 2.53. The highest BCUT2D eigenvalue weighted by Crippen LogP contribution is 2.30. The molecule has 1 fully saturated rings. The topological polar surface area (TPSA) is 29.5 Å². The lowest BCUT2D eigenvalue weighted by molar-refractivity contribution is -0.135. The summed E-state index contributed by atoms with van der Waals surface area (Å²) in [7, 11) is 0. The second-order valence-corrected chi connectivity index (χ2v) is 6.10. The number of ether oxygens (including phenoxy) is 1. The van der Waals surface area contributed by atoms with E-state index in [1.54, 1.807) is 11.8 Å². The number of hydrogen-bond acceptors (Lipinski definition) is 3. The third-order valence-electron chi connectivity index (χ3n) is 3.42. The van der Waals surface area contributed by atoms with E-state index in [2.05, 4.69) is 6.58 Å². The van der Waals surface area contributed by atoms with E-state index >= 15 is 0 Å². The lowest BCUT2D eigenvalue weighted by Crippen LogP contribution is -2.46. The van der Waals surface area contributed by atoms with Gasteiger partial charge in [0.15, 0.2) is 0 Å². The summed E-state index contributed by atoms with van der Waals surface area (Å²) in [6.07, 6.45) is 1.86. The van der Waals surface area contributed by atoms with Crippen LogP contribution in [0.5, 0.6) is 0 Å². The van der Waals surface area contributed by atoms with Gasteiger partial charge < -0.3 is 9.64 Å². The summed E-state index contributed by atoms with van der Waals surface area (Å²) in [6.45, 7) is 8.54. The van der Waals surface area contributed by atoms with Crippen molar-refractivity contribution in [3.05, 3.63) is 43.0 Å². The van der Waals surface area contributed by atoms with E-state index in [-0.39, 0.29) is 17.1 Å². The molecular weight excluding hydrogens is 270 g/mol. The van der Waals surface area contributed by atoms with Crippen molar-refractivity contribution in [1.82, 2.24) is 4.90 Å². The molecule has 1 amide bonds. The Morgan fingerprint density at radius 2 is 2.00 bits per heavy atom. The number of carbonyl (C=O) groups excluding carboxylic acids is 1. The lowest BCUT2D eigenvalue weighted by atomic mass is 10.1. The van der Waals surface area contributed by atoms with Gasteiger partial charge >= 0.3 is 0 Å². The quantitative estimate of drug-likeness (QED) is 0.617. The first-order chi connectivity index (χ1) is 9.72. The van der Waals surface area contributed by atoms with Gasteiger partial charge in [-0.1, -0.05) is 31.2 Å². The molecule has 1 aromatic rings. The molecule has 2 rings (SSSR count). The zero-order valence-corrected chi connectivity index (χ0v) is 12.6. The van der Waals surface area contributed by atoms with E-state index in [0.717, 1.165) is 4.90 Å². The number of carbonyl (C=O) groups is 1. The Hall–Kier alpha value is -1.26. The van der Waals surface area contributed by atoms with Crippen LogP contribution >= 0.6 is 11.8 Å². The summed E-state index contributed by atoms with van der Waals surface area (Å²) in [4.78, 5) is 15.7. The van der Waals surface area contributed by atoms with Crippen LogP contribution in [0.2, 0.25) is 0 Å². The van der Waals surface area contributed by atoms with E-state index in [9.17, 15) is 4.79 Å². The largest absolute Gasteiger partial charge is 0.378 e. The molecule has 20 heavy (non-hydrogen) atoms. The predicted molar refractivity (Wildman–Crippen MR) is 82.8 cm³/mol. The zero-order chi connectivity index (χ0) is 14.4. The summed E-state index contributed by atoms with van der Waals surface area (Å²) in [5.74, 6) is 0.324. The monoisotopic (exact) mass is 291 g/mol. The van der Waals surface area contributed by atoms with E-state index in [1.807, 2.05) is 48.2 Å². The number of thioether (sulfide) groups is 1. The predicted octanol–water partition coefficient (Wildman–Crippen LogP) is 2.83. The fourth-order valence-electron chi connectivity index (χ4n) is 2.12. The van der Waals surface area contributed by atoms with Crippen LogP contribution in [0.4, 0.5) is 0 Å². The molecule has 0 spiro atoms. The summed E-state index contributed by atoms with van der Waals surface area (Å²) < 4.78 is 5.31. The summed E-state index contributed by atoms with van der Waals surface area (Å²) in [5, 5.41) is -0.118. The molecule has 0 saturated carbocycles. The summed E-state index contributed by atoms with van der Waals surface area (Å²) >= 11 is 1.62. The van der Waals surface area contributed by atoms with Gasteiger partial charge in [0.2, 0.25) is 5.91 Å². The molecule has 2 atom stereocenters. The summed E-state index contributed by atoms with van der Waals surface area (Å²) in [5.41, 5.74) is 0. The Labute approximate surface area is 125 Å². The average molecular weight is 291 g/mol. The molecule has 108 valence electrons. The maximum absolute atomic E-state index is 12.7. The van der Waals surface area contributed by atoms with Crippen LogP contribution in [-0.2, 0) is 9.53 Å². The molecule has 4 heteroatoms. The Bertz CT molecular complexity index is 443. The minimum Gasteiger partial charge on any atom is -0.378 e. The number of benzene rings is 1. The number of amides is 1. The first-order valence-electron chi connectivity index (χ1n) is 6.93. The van der Waals surface area contributed by atoms with E-state index in [4.69, 9.17) is 4.74 Å². The van der Waals surface area contributed by atoms with E-state index in [0.29, 0.717) is 26.3 Å². The van der Waals surface area contributed by atoms with E-state index < -0.39 is 0 Å². The fourth-order valence-corrected chi connectivity index (χ4v) is 3.30. The second-order valence-electron chi connectivity index (χ2n) is 4.88. The van der Waals surface area contributed by atoms with Crippen LogP contribution in [0.1, 0.15) is 6.92 Å². The molecule has 1 aliphatic heterocycles. The van der Waals surface area contributed by atoms with Crippen molar-refractivity contribution in [2.75, 3.05) is 26.3 Å². The molecular formula is C16H21NO2S. The first-order valence-corrected chi connectivity index (χ1v) is 7.81. The molecule has 0 bridgehead atoms. The molecule has 3 nitrogen and oxygen atoms in total. The molecule has 1 aliphatic rings. The van der Waals surface area contributed by atoms with Crippen LogP contribution < -0.4 is 0 Å². The highest BCUT2D eigenvalue weighted by Gasteiger charge is 2.29. The van der Waals surface area contributed by atoms with Crippen molar-refractivity contribution in [2.45, 2.75) is 17.1 Å². The molecule has 0 N–H and O–H groups in total. The van der Waals surface area contributed by atoms with E-state index in [1.165, 1.54) is 0 Å². The van der Waals surface area contributed by atoms with Gasteiger partial charge in [-0.15, -0.1) is 18.3 Å². The van der Waals surface area contributed by atoms with Crippen molar-refractivity contribution in [3.63, 3.8) is 0 Å². The van der Waals surface area contributed by atoms with Gasteiger partial charge in [0.25, 0.3) is 0 Å². The molecule has 1 heterocycles. The Morgan fingerprint density at radius 3 is 2.60 bits per heavy atom. The van der Waals surface area contributed by atoms with Gasteiger partial charge in [-0.3, -0.25) is 4.79 Å². The zero-order valence-electron chi connectivity index (χ0n) is 11.8. The minimum absolute atomic E-state index is 0.118. The van der Waals surface area contributed by atoms with Gasteiger partial charge in [-0.2, -0.15) is 0 Å². The highest BCUT2D eigenvalue weighted by molar-refractivity contribution is 8.00. The van der Waals surface area contributed by atoms with Crippen LogP contribution in [-0.4, -0.2) is 42.4 Å². The Kier molecular flexibility index (Phi) is 5.68. The van der Waals surface area contributed by atoms with Gasteiger partial charge in [0.05, 0.1) is 18.5 Å². The van der Waals surface area contributed by atoms with Crippen LogP contribution in [0.25, 0.3) is 0 Å². The summed E-state index contributed by atoms with van der Waals surface area (Å²) in [6, 6.07) is 10.1. The van der Waals surface area contributed by atoms with Crippen molar-refractivity contribution in [3.8, 4) is 0 Å². The van der Waals surface area contributed by atoms with Crippen molar-refractivity contribution < 1.29 is 9.53 Å². The standard InChI is InChI=1S/C16H21NO2S/c1-3-13(2)15(20-14-7-5-4-6-8-14)16(18)17-9-11-19-12-10-17/h3-8,13,15H,1,9-12H2,2H3. The van der Waals surface area contributed by atoms with Gasteiger partial charge in [-0.25, -0.2) is 0 Å². The van der Waals surface area contributed by atoms with Crippen LogP contribution in [0.3, 0.4) is 0 Å². The normalized spacial score (nSPS) is 18.4. The Balaban J connectivity index is 2.10. The van der Waals surface area contributed by atoms with Crippen molar-refractivity contribution >= 4 is 17.7 Å². The van der Waals surface area contributed by atoms with Crippen molar-refractivity contribution in [2.24, 2.45) is 5.92 Å². The molecule has 0 aliphatic carbocycles. The fraction of sp³-hybridized carbons (Fsp3) is 0.438. The number of rotatable bonds is 5. The molecule has 1 saturated heterocycles. The number of morpholine rings is 1. The number of hydrogen-bond donors (Lipinski definition) is 0. The Morgan fingerprint density at radius 1 is 1.35 bits per heavy atom. The molecule has 1 aromatic carbocycles.